The lowest BCUT2D eigenvalue weighted by atomic mass is 10.1. The van der Waals surface area contributed by atoms with Gasteiger partial charge in [0.15, 0.2) is 5.96 Å². The first kappa shape index (κ1) is 22.4. The summed E-state index contributed by atoms with van der Waals surface area (Å²) in [5, 5.41) is 14.5. The molecule has 0 saturated carbocycles. The molecule has 0 amide bonds. The van der Waals surface area contributed by atoms with Gasteiger partial charge in [-0.2, -0.15) is 0 Å². The molecule has 2 rings (SSSR count). The van der Waals surface area contributed by atoms with Gasteiger partial charge in [-0.25, -0.2) is 0 Å². The molecule has 0 aliphatic carbocycles. The number of unbranched alkanes of at least 4 members (excludes halogenated alkanes) is 1. The molecule has 1 unspecified atom stereocenters. The van der Waals surface area contributed by atoms with Gasteiger partial charge in [-0.05, 0) is 45.1 Å². The van der Waals surface area contributed by atoms with Gasteiger partial charge in [0.2, 0.25) is 0 Å². The first-order chi connectivity index (χ1) is 12.3. The van der Waals surface area contributed by atoms with Crippen LogP contribution in [0, 0.1) is 0 Å². The minimum Gasteiger partial charge on any atom is -0.357 e. The largest absolute Gasteiger partial charge is 0.357 e. The average molecular weight is 470 g/mol. The van der Waals surface area contributed by atoms with Crippen molar-refractivity contribution in [2.24, 2.45) is 4.99 Å². The Morgan fingerprint density at radius 1 is 1.15 bits per heavy atom. The molecular formula is C19H31IN6. The van der Waals surface area contributed by atoms with E-state index in [0.717, 1.165) is 51.3 Å². The van der Waals surface area contributed by atoms with E-state index in [4.69, 9.17) is 0 Å². The first-order valence-electron chi connectivity index (χ1n) is 9.19. The van der Waals surface area contributed by atoms with E-state index in [0.29, 0.717) is 6.04 Å². The number of aliphatic imine (C=N–C) groups is 1. The molecule has 6 nitrogen and oxygen atoms in total. The highest BCUT2D eigenvalue weighted by Gasteiger charge is 2.05. The Morgan fingerprint density at radius 2 is 1.88 bits per heavy atom. The summed E-state index contributed by atoms with van der Waals surface area (Å²) in [4.78, 5) is 4.68. The van der Waals surface area contributed by atoms with E-state index in [-0.39, 0.29) is 24.0 Å². The number of nitrogens with zero attached hydrogens (tertiary/aromatic N) is 4. The number of rotatable bonds is 10. The molecule has 1 atom stereocenters. The Bertz CT molecular complexity index is 600. The second-order valence-corrected chi connectivity index (χ2v) is 6.24. The molecule has 0 bridgehead atoms. The molecule has 2 aromatic rings. The Balaban J connectivity index is 0.00000338. The van der Waals surface area contributed by atoms with Crippen LogP contribution in [-0.2, 0) is 13.0 Å². The number of hydrogen-bond donors (Lipinski definition) is 2. The normalized spacial score (nSPS) is 12.3. The molecule has 0 fully saturated rings. The monoisotopic (exact) mass is 470 g/mol. The number of nitrogens with one attached hydrogen (secondary N) is 2. The predicted molar refractivity (Wildman–Crippen MR) is 118 cm³/mol. The third kappa shape index (κ3) is 9.17. The molecule has 1 aromatic carbocycles. The van der Waals surface area contributed by atoms with Gasteiger partial charge in [0.05, 0.1) is 0 Å². The molecule has 2 N–H and O–H groups in total. The van der Waals surface area contributed by atoms with Crippen LogP contribution < -0.4 is 10.6 Å². The maximum absolute atomic E-state index is 4.68. The molecule has 7 heteroatoms. The van der Waals surface area contributed by atoms with Crippen LogP contribution in [0.25, 0.3) is 0 Å². The van der Waals surface area contributed by atoms with E-state index in [1.165, 1.54) is 5.56 Å². The fourth-order valence-corrected chi connectivity index (χ4v) is 2.59. The van der Waals surface area contributed by atoms with Gasteiger partial charge in [0.25, 0.3) is 0 Å². The summed E-state index contributed by atoms with van der Waals surface area (Å²) in [6, 6.07) is 11.0. The van der Waals surface area contributed by atoms with Crippen molar-refractivity contribution in [3.63, 3.8) is 0 Å². The summed E-state index contributed by atoms with van der Waals surface area (Å²) in [5.41, 5.74) is 1.38. The van der Waals surface area contributed by atoms with E-state index < -0.39 is 0 Å². The van der Waals surface area contributed by atoms with Crippen molar-refractivity contribution in [2.75, 3.05) is 13.1 Å². The van der Waals surface area contributed by atoms with Crippen LogP contribution in [0.5, 0.6) is 0 Å². The SMILES string of the molecule is CCNC(=NCCCCn1cnnc1)NC(C)CCc1ccccc1.I. The van der Waals surface area contributed by atoms with E-state index in [1.54, 1.807) is 12.7 Å². The Morgan fingerprint density at radius 3 is 2.58 bits per heavy atom. The van der Waals surface area contributed by atoms with Crippen molar-refractivity contribution in [3.8, 4) is 0 Å². The highest BCUT2D eigenvalue weighted by molar-refractivity contribution is 14.0. The lowest BCUT2D eigenvalue weighted by Gasteiger charge is -2.18. The van der Waals surface area contributed by atoms with E-state index in [2.05, 4.69) is 70.0 Å². The lowest BCUT2D eigenvalue weighted by molar-refractivity contribution is 0.587. The van der Waals surface area contributed by atoms with E-state index in [1.807, 2.05) is 4.57 Å². The average Bonchev–Trinajstić information content (AvgIpc) is 3.14. The van der Waals surface area contributed by atoms with Crippen LogP contribution in [-0.4, -0.2) is 39.9 Å². The van der Waals surface area contributed by atoms with Crippen LogP contribution in [0.4, 0.5) is 0 Å². The van der Waals surface area contributed by atoms with Crippen molar-refractivity contribution in [1.82, 2.24) is 25.4 Å². The maximum Gasteiger partial charge on any atom is 0.191 e. The minimum atomic E-state index is 0. The number of benzene rings is 1. The van der Waals surface area contributed by atoms with Gasteiger partial charge in [-0.15, -0.1) is 34.2 Å². The minimum absolute atomic E-state index is 0. The van der Waals surface area contributed by atoms with Gasteiger partial charge in [-0.1, -0.05) is 30.3 Å². The number of guanidine groups is 1. The summed E-state index contributed by atoms with van der Waals surface area (Å²) in [6.45, 7) is 6.94. The lowest BCUT2D eigenvalue weighted by Crippen LogP contribution is -2.42. The third-order valence-electron chi connectivity index (χ3n) is 4.00. The fourth-order valence-electron chi connectivity index (χ4n) is 2.59. The number of hydrogen-bond acceptors (Lipinski definition) is 3. The van der Waals surface area contributed by atoms with Crippen molar-refractivity contribution < 1.29 is 0 Å². The zero-order chi connectivity index (χ0) is 17.7. The van der Waals surface area contributed by atoms with Crippen LogP contribution >= 0.6 is 24.0 Å². The summed E-state index contributed by atoms with van der Waals surface area (Å²) in [7, 11) is 0. The van der Waals surface area contributed by atoms with Crippen molar-refractivity contribution in [2.45, 2.75) is 52.1 Å². The van der Waals surface area contributed by atoms with Crippen LogP contribution in [0.1, 0.15) is 38.7 Å². The molecular weight excluding hydrogens is 439 g/mol. The highest BCUT2D eigenvalue weighted by Crippen LogP contribution is 2.04. The van der Waals surface area contributed by atoms with Gasteiger partial charge in [-0.3, -0.25) is 4.99 Å². The summed E-state index contributed by atoms with van der Waals surface area (Å²) < 4.78 is 2.00. The van der Waals surface area contributed by atoms with Crippen LogP contribution in [0.15, 0.2) is 48.0 Å². The van der Waals surface area contributed by atoms with E-state index >= 15 is 0 Å². The smallest absolute Gasteiger partial charge is 0.191 e. The Hall–Kier alpha value is -1.64. The second-order valence-electron chi connectivity index (χ2n) is 6.24. The van der Waals surface area contributed by atoms with E-state index in [9.17, 15) is 0 Å². The third-order valence-corrected chi connectivity index (χ3v) is 4.00. The number of halogens is 1. The standard InChI is InChI=1S/C19H30N6.HI/c1-3-20-19(21-13-7-8-14-25-15-22-23-16-25)24-17(2)11-12-18-9-5-4-6-10-18;/h4-6,9-10,15-17H,3,7-8,11-14H2,1-2H3,(H2,20,21,24);1H. The molecule has 0 saturated heterocycles. The van der Waals surface area contributed by atoms with Gasteiger partial charge < -0.3 is 15.2 Å². The molecule has 0 radical (unpaired) electrons. The van der Waals surface area contributed by atoms with Crippen molar-refractivity contribution in [1.29, 1.82) is 0 Å². The molecule has 26 heavy (non-hydrogen) atoms. The number of aryl methyl sites for hydroxylation is 2. The van der Waals surface area contributed by atoms with Gasteiger partial charge >= 0.3 is 0 Å². The molecule has 0 aliphatic heterocycles. The fraction of sp³-hybridized carbons (Fsp3) is 0.526. The topological polar surface area (TPSA) is 67.1 Å². The first-order valence-corrected chi connectivity index (χ1v) is 9.19. The number of aromatic nitrogens is 3. The molecule has 144 valence electrons. The molecule has 0 aliphatic rings. The van der Waals surface area contributed by atoms with Gasteiger partial charge in [0.1, 0.15) is 12.7 Å². The highest BCUT2D eigenvalue weighted by atomic mass is 127. The quantitative estimate of drug-likeness (QED) is 0.242. The second kappa shape index (κ2) is 13.5. The van der Waals surface area contributed by atoms with Crippen molar-refractivity contribution in [3.05, 3.63) is 48.5 Å². The molecule has 1 heterocycles. The maximum atomic E-state index is 4.68. The molecule has 0 spiro atoms. The Kier molecular flexibility index (Phi) is 11.7. The van der Waals surface area contributed by atoms with Crippen LogP contribution in [0.2, 0.25) is 0 Å². The van der Waals surface area contributed by atoms with Crippen LogP contribution in [0.3, 0.4) is 0 Å². The zero-order valence-corrected chi connectivity index (χ0v) is 18.1. The zero-order valence-electron chi connectivity index (χ0n) is 15.8. The van der Waals surface area contributed by atoms with Gasteiger partial charge in [0, 0.05) is 25.7 Å². The summed E-state index contributed by atoms with van der Waals surface area (Å²) in [5.74, 6) is 0.910. The molecule has 1 aromatic heterocycles. The summed E-state index contributed by atoms with van der Waals surface area (Å²) >= 11 is 0. The summed E-state index contributed by atoms with van der Waals surface area (Å²) in [6.07, 6.45) is 7.79. The van der Waals surface area contributed by atoms with Crippen molar-refractivity contribution >= 4 is 29.9 Å². The predicted octanol–water partition coefficient (Wildman–Crippen LogP) is 3.25. The Labute approximate surface area is 173 Å².